The lowest BCUT2D eigenvalue weighted by atomic mass is 10.1. The molecule has 3 rings (SSSR count). The van der Waals surface area contributed by atoms with E-state index in [9.17, 15) is 4.79 Å². The van der Waals surface area contributed by atoms with Crippen molar-refractivity contribution in [3.63, 3.8) is 0 Å². The summed E-state index contributed by atoms with van der Waals surface area (Å²) in [5, 5.41) is 11.1. The second-order valence-electron chi connectivity index (χ2n) is 6.75. The molecule has 150 valence electrons. The van der Waals surface area contributed by atoms with E-state index in [-0.39, 0.29) is 5.56 Å². The summed E-state index contributed by atoms with van der Waals surface area (Å²) in [6.45, 7) is 4.79. The summed E-state index contributed by atoms with van der Waals surface area (Å²) in [5.74, 6) is 0.821. The van der Waals surface area contributed by atoms with Crippen LogP contribution in [0, 0.1) is 0 Å². The van der Waals surface area contributed by atoms with Gasteiger partial charge in [-0.3, -0.25) is 10.2 Å². The molecule has 0 saturated carbocycles. The lowest BCUT2D eigenvalue weighted by Gasteiger charge is -2.10. The number of H-pyrrole nitrogens is 1. The first-order valence-electron chi connectivity index (χ1n) is 9.86. The molecule has 0 saturated heterocycles. The van der Waals surface area contributed by atoms with Crippen LogP contribution in [0.25, 0.3) is 11.3 Å². The van der Waals surface area contributed by atoms with Crippen molar-refractivity contribution in [2.24, 2.45) is 5.10 Å². The van der Waals surface area contributed by atoms with Gasteiger partial charge in [-0.2, -0.15) is 10.2 Å². The third-order valence-electron chi connectivity index (χ3n) is 4.49. The minimum absolute atomic E-state index is 0.292. The second-order valence-corrected chi connectivity index (χ2v) is 6.75. The zero-order valence-electron chi connectivity index (χ0n) is 16.8. The highest BCUT2D eigenvalue weighted by Gasteiger charge is 2.09. The Balaban J connectivity index is 1.77. The van der Waals surface area contributed by atoms with E-state index in [0.29, 0.717) is 18.0 Å². The monoisotopic (exact) mass is 390 g/mol. The highest BCUT2D eigenvalue weighted by atomic mass is 16.5. The number of aromatic nitrogens is 2. The highest BCUT2D eigenvalue weighted by Crippen LogP contribution is 2.26. The minimum atomic E-state index is -0.292. The Kier molecular flexibility index (Phi) is 7.16. The summed E-state index contributed by atoms with van der Waals surface area (Å²) < 4.78 is 5.76. The minimum Gasteiger partial charge on any atom is -0.494 e. The summed E-state index contributed by atoms with van der Waals surface area (Å²) in [4.78, 5) is 11.8. The lowest BCUT2D eigenvalue weighted by Crippen LogP contribution is -2.10. The first kappa shape index (κ1) is 20.3. The number of aromatic amines is 1. The molecule has 0 spiro atoms. The van der Waals surface area contributed by atoms with Gasteiger partial charge in [0.05, 0.1) is 18.0 Å². The first-order valence-corrected chi connectivity index (χ1v) is 9.86. The molecule has 0 atom stereocenters. The summed E-state index contributed by atoms with van der Waals surface area (Å²) >= 11 is 0. The van der Waals surface area contributed by atoms with Gasteiger partial charge in [-0.15, -0.1) is 0 Å². The van der Waals surface area contributed by atoms with Gasteiger partial charge in [0, 0.05) is 11.6 Å². The van der Waals surface area contributed by atoms with Crippen LogP contribution in [0.3, 0.4) is 0 Å². The van der Waals surface area contributed by atoms with Gasteiger partial charge in [-0.1, -0.05) is 50.1 Å². The molecular formula is C23H26N4O2. The van der Waals surface area contributed by atoms with Crippen LogP contribution in [-0.2, 0) is 0 Å². The number of rotatable bonds is 9. The van der Waals surface area contributed by atoms with Crippen molar-refractivity contribution >= 4 is 11.4 Å². The van der Waals surface area contributed by atoms with Crippen LogP contribution < -0.4 is 15.7 Å². The number of hydrogen-bond donors (Lipinski definition) is 2. The Bertz CT molecular complexity index is 995. The van der Waals surface area contributed by atoms with Gasteiger partial charge in [-0.25, -0.2) is 5.10 Å². The Morgan fingerprint density at radius 3 is 2.59 bits per heavy atom. The van der Waals surface area contributed by atoms with E-state index in [1.165, 1.54) is 12.5 Å². The fraction of sp³-hybridized carbons (Fsp3) is 0.261. The van der Waals surface area contributed by atoms with Gasteiger partial charge in [-0.05, 0) is 43.2 Å². The van der Waals surface area contributed by atoms with Crippen molar-refractivity contribution in [2.45, 2.75) is 33.1 Å². The van der Waals surface area contributed by atoms with E-state index in [1.54, 1.807) is 0 Å². The average Bonchev–Trinajstić information content (AvgIpc) is 2.76. The van der Waals surface area contributed by atoms with Crippen molar-refractivity contribution in [3.8, 4) is 17.0 Å². The van der Waals surface area contributed by atoms with Gasteiger partial charge >= 0.3 is 0 Å². The molecule has 0 aliphatic carbocycles. The largest absolute Gasteiger partial charge is 0.494 e. The standard InChI is InChI=1S/C23H26N4O2/c1-3-4-8-15-29-20-13-11-19(12-14-20)23-21(16-22(28)26-27-23)25-24-17(2)18-9-6-5-7-10-18/h5-7,9-14,16H,3-4,8,15H2,1-2H3,(H2,25,26,28)/b24-17-. The average molecular weight is 390 g/mol. The van der Waals surface area contributed by atoms with E-state index >= 15 is 0 Å². The second kappa shape index (κ2) is 10.2. The first-order chi connectivity index (χ1) is 14.2. The topological polar surface area (TPSA) is 79.4 Å². The molecule has 0 radical (unpaired) electrons. The fourth-order valence-corrected chi connectivity index (χ4v) is 2.85. The number of ether oxygens (including phenoxy) is 1. The van der Waals surface area contributed by atoms with E-state index < -0.39 is 0 Å². The van der Waals surface area contributed by atoms with Gasteiger partial charge in [0.1, 0.15) is 11.4 Å². The molecule has 3 aromatic rings. The van der Waals surface area contributed by atoms with Gasteiger partial charge in [0.2, 0.25) is 0 Å². The molecule has 2 aromatic carbocycles. The Morgan fingerprint density at radius 2 is 1.86 bits per heavy atom. The fourth-order valence-electron chi connectivity index (χ4n) is 2.85. The van der Waals surface area contributed by atoms with Crippen molar-refractivity contribution in [1.29, 1.82) is 0 Å². The molecule has 0 aliphatic heterocycles. The zero-order chi connectivity index (χ0) is 20.5. The third-order valence-corrected chi connectivity index (χ3v) is 4.49. The SMILES string of the molecule is CCCCCOc1ccc(-c2n[nH]c(=O)cc2N/N=C(/C)c2ccccc2)cc1. The molecule has 0 amide bonds. The number of nitrogens with one attached hydrogen (secondary N) is 2. The van der Waals surface area contributed by atoms with Crippen LogP contribution in [0.2, 0.25) is 0 Å². The van der Waals surface area contributed by atoms with Crippen LogP contribution >= 0.6 is 0 Å². The van der Waals surface area contributed by atoms with E-state index in [1.807, 2.05) is 61.5 Å². The normalized spacial score (nSPS) is 11.3. The Morgan fingerprint density at radius 1 is 1.10 bits per heavy atom. The maximum absolute atomic E-state index is 11.8. The zero-order valence-corrected chi connectivity index (χ0v) is 16.8. The van der Waals surface area contributed by atoms with Crippen LogP contribution in [0.4, 0.5) is 5.69 Å². The molecule has 6 heteroatoms. The molecule has 0 fully saturated rings. The van der Waals surface area contributed by atoms with E-state index in [0.717, 1.165) is 35.4 Å². The quantitative estimate of drug-likeness (QED) is 0.311. The predicted octanol–water partition coefficient (Wildman–Crippen LogP) is 4.84. The van der Waals surface area contributed by atoms with Crippen LogP contribution in [-0.4, -0.2) is 22.5 Å². The molecular weight excluding hydrogens is 364 g/mol. The van der Waals surface area contributed by atoms with Crippen molar-refractivity contribution < 1.29 is 4.74 Å². The summed E-state index contributed by atoms with van der Waals surface area (Å²) in [6.07, 6.45) is 3.38. The van der Waals surface area contributed by atoms with Crippen molar-refractivity contribution in [3.05, 3.63) is 76.6 Å². The number of unbranched alkanes of at least 4 members (excludes halogenated alkanes) is 2. The van der Waals surface area contributed by atoms with Crippen molar-refractivity contribution in [1.82, 2.24) is 10.2 Å². The Labute approximate surface area is 170 Å². The highest BCUT2D eigenvalue weighted by molar-refractivity contribution is 5.99. The summed E-state index contributed by atoms with van der Waals surface area (Å²) in [5.41, 5.74) is 6.53. The molecule has 1 aromatic heterocycles. The summed E-state index contributed by atoms with van der Waals surface area (Å²) in [6, 6.07) is 19.0. The van der Waals surface area contributed by atoms with Crippen molar-refractivity contribution in [2.75, 3.05) is 12.0 Å². The number of benzene rings is 2. The number of hydrogen-bond acceptors (Lipinski definition) is 5. The molecule has 2 N–H and O–H groups in total. The predicted molar refractivity (Wildman–Crippen MR) is 118 cm³/mol. The number of anilines is 1. The van der Waals surface area contributed by atoms with Crippen LogP contribution in [0.15, 0.2) is 70.6 Å². The number of nitrogens with zero attached hydrogens (tertiary/aromatic N) is 2. The molecule has 1 heterocycles. The molecule has 0 aliphatic rings. The maximum Gasteiger partial charge on any atom is 0.266 e. The van der Waals surface area contributed by atoms with Crippen LogP contribution in [0.1, 0.15) is 38.7 Å². The maximum atomic E-state index is 11.8. The van der Waals surface area contributed by atoms with Gasteiger partial charge in [0.15, 0.2) is 0 Å². The molecule has 6 nitrogen and oxygen atoms in total. The third kappa shape index (κ3) is 5.78. The van der Waals surface area contributed by atoms with Gasteiger partial charge < -0.3 is 4.74 Å². The van der Waals surface area contributed by atoms with E-state index in [2.05, 4.69) is 27.6 Å². The lowest BCUT2D eigenvalue weighted by molar-refractivity contribution is 0.306. The van der Waals surface area contributed by atoms with Crippen LogP contribution in [0.5, 0.6) is 5.75 Å². The summed E-state index contributed by atoms with van der Waals surface area (Å²) in [7, 11) is 0. The molecule has 0 bridgehead atoms. The Hall–Kier alpha value is -3.41. The molecule has 29 heavy (non-hydrogen) atoms. The van der Waals surface area contributed by atoms with Gasteiger partial charge in [0.25, 0.3) is 5.56 Å². The smallest absolute Gasteiger partial charge is 0.266 e. The molecule has 0 unspecified atom stereocenters. The van der Waals surface area contributed by atoms with E-state index in [4.69, 9.17) is 4.74 Å². The number of hydrazone groups is 1.